The molecule has 0 fully saturated rings. The molecule has 1 aromatic rings. The lowest BCUT2D eigenvalue weighted by Gasteiger charge is -2.15. The van der Waals surface area contributed by atoms with Crippen LogP contribution in [-0.4, -0.2) is 25.8 Å². The van der Waals surface area contributed by atoms with Gasteiger partial charge < -0.3 is 20.1 Å². The van der Waals surface area contributed by atoms with Crippen molar-refractivity contribution in [3.63, 3.8) is 0 Å². The van der Waals surface area contributed by atoms with Gasteiger partial charge in [-0.1, -0.05) is 19.8 Å². The normalized spacial score (nSPS) is 14.2. The van der Waals surface area contributed by atoms with Crippen molar-refractivity contribution in [2.24, 2.45) is 0 Å². The highest BCUT2D eigenvalue weighted by Gasteiger charge is 2.18. The van der Waals surface area contributed by atoms with E-state index in [9.17, 15) is 4.79 Å². The average Bonchev–Trinajstić information content (AvgIpc) is 2.87. The highest BCUT2D eigenvalue weighted by atomic mass is 16.7. The van der Waals surface area contributed by atoms with Gasteiger partial charge in [0.25, 0.3) is 0 Å². The van der Waals surface area contributed by atoms with Crippen molar-refractivity contribution in [1.82, 2.24) is 5.32 Å². The van der Waals surface area contributed by atoms with E-state index in [1.54, 1.807) is 19.2 Å². The van der Waals surface area contributed by atoms with Crippen LogP contribution in [0.15, 0.2) is 18.2 Å². The van der Waals surface area contributed by atoms with Crippen LogP contribution < -0.4 is 20.1 Å². The summed E-state index contributed by atoms with van der Waals surface area (Å²) in [6.07, 6.45) is 2.94. The second-order valence-corrected chi connectivity index (χ2v) is 4.54. The van der Waals surface area contributed by atoms with Gasteiger partial charge in [-0.15, -0.1) is 0 Å². The number of rotatable bonds is 6. The zero-order valence-corrected chi connectivity index (χ0v) is 11.4. The second-order valence-electron chi connectivity index (χ2n) is 4.54. The number of unbranched alkanes of at least 4 members (excludes halogenated alkanes) is 1. The van der Waals surface area contributed by atoms with Gasteiger partial charge in [-0.25, -0.2) is 0 Å². The van der Waals surface area contributed by atoms with Crippen LogP contribution in [0.25, 0.3) is 0 Å². The van der Waals surface area contributed by atoms with Crippen molar-refractivity contribution in [3.05, 3.63) is 18.2 Å². The van der Waals surface area contributed by atoms with E-state index in [4.69, 9.17) is 9.47 Å². The van der Waals surface area contributed by atoms with Crippen LogP contribution in [0.2, 0.25) is 0 Å². The van der Waals surface area contributed by atoms with E-state index in [0.29, 0.717) is 11.5 Å². The standard InChI is InChI=1S/C14H20N2O3/c1-3-4-5-11(15-2)14(17)16-10-6-7-12-13(8-10)19-9-18-12/h6-8,11,15H,3-5,9H2,1-2H3,(H,16,17). The average molecular weight is 264 g/mol. The number of anilines is 1. The lowest BCUT2D eigenvalue weighted by atomic mass is 10.1. The zero-order valence-electron chi connectivity index (χ0n) is 11.4. The maximum atomic E-state index is 12.1. The molecule has 1 aromatic carbocycles. The Bertz CT molecular complexity index is 448. The summed E-state index contributed by atoms with van der Waals surface area (Å²) in [6, 6.07) is 5.24. The van der Waals surface area contributed by atoms with Crippen molar-refractivity contribution in [1.29, 1.82) is 0 Å². The number of carbonyl (C=O) groups excluding carboxylic acids is 1. The van der Waals surface area contributed by atoms with Crippen molar-refractivity contribution >= 4 is 11.6 Å². The third-order valence-electron chi connectivity index (χ3n) is 3.15. The predicted molar refractivity (Wildman–Crippen MR) is 73.6 cm³/mol. The number of likely N-dealkylation sites (N-methyl/N-ethyl adjacent to an activating group) is 1. The fourth-order valence-electron chi connectivity index (χ4n) is 2.02. The highest BCUT2D eigenvalue weighted by Crippen LogP contribution is 2.34. The first-order valence-corrected chi connectivity index (χ1v) is 6.62. The largest absolute Gasteiger partial charge is 0.454 e. The number of carbonyl (C=O) groups is 1. The number of hydrogen-bond donors (Lipinski definition) is 2. The first kappa shape index (κ1) is 13.7. The van der Waals surface area contributed by atoms with Crippen LogP contribution in [0.1, 0.15) is 26.2 Å². The van der Waals surface area contributed by atoms with Gasteiger partial charge in [-0.2, -0.15) is 0 Å². The second kappa shape index (κ2) is 6.43. The molecule has 0 spiro atoms. The first-order valence-electron chi connectivity index (χ1n) is 6.62. The summed E-state index contributed by atoms with van der Waals surface area (Å²) in [5, 5.41) is 5.94. The van der Waals surface area contributed by atoms with E-state index in [2.05, 4.69) is 17.6 Å². The van der Waals surface area contributed by atoms with E-state index in [0.717, 1.165) is 24.9 Å². The molecule has 1 aliphatic rings. The molecule has 5 nitrogen and oxygen atoms in total. The van der Waals surface area contributed by atoms with Crippen molar-refractivity contribution in [2.45, 2.75) is 32.2 Å². The van der Waals surface area contributed by atoms with Crippen molar-refractivity contribution in [3.8, 4) is 11.5 Å². The molecule has 19 heavy (non-hydrogen) atoms. The molecule has 0 aliphatic carbocycles. The molecular weight excluding hydrogens is 244 g/mol. The molecule has 5 heteroatoms. The molecule has 104 valence electrons. The molecule has 0 aromatic heterocycles. The molecule has 2 rings (SSSR count). The van der Waals surface area contributed by atoms with Gasteiger partial charge in [0, 0.05) is 11.8 Å². The first-order chi connectivity index (χ1) is 9.24. The molecule has 0 saturated heterocycles. The van der Waals surface area contributed by atoms with Crippen LogP contribution >= 0.6 is 0 Å². The molecule has 0 radical (unpaired) electrons. The molecule has 0 bridgehead atoms. The minimum Gasteiger partial charge on any atom is -0.454 e. The van der Waals surface area contributed by atoms with Gasteiger partial charge in [0.15, 0.2) is 11.5 Å². The van der Waals surface area contributed by atoms with E-state index >= 15 is 0 Å². The van der Waals surface area contributed by atoms with Crippen LogP contribution in [0.5, 0.6) is 11.5 Å². The number of hydrogen-bond acceptors (Lipinski definition) is 4. The SMILES string of the molecule is CCCCC(NC)C(=O)Nc1ccc2c(c1)OCO2. The van der Waals surface area contributed by atoms with Crippen LogP contribution in [0.4, 0.5) is 5.69 Å². The Morgan fingerprint density at radius 1 is 1.37 bits per heavy atom. The summed E-state index contributed by atoms with van der Waals surface area (Å²) in [4.78, 5) is 12.1. The maximum Gasteiger partial charge on any atom is 0.241 e. The summed E-state index contributed by atoms with van der Waals surface area (Å²) < 4.78 is 10.5. The summed E-state index contributed by atoms with van der Waals surface area (Å²) in [7, 11) is 1.81. The molecule has 1 amide bonds. The van der Waals surface area contributed by atoms with Gasteiger partial charge in [-0.3, -0.25) is 4.79 Å². The van der Waals surface area contributed by atoms with Gasteiger partial charge >= 0.3 is 0 Å². The van der Waals surface area contributed by atoms with Crippen LogP contribution in [0.3, 0.4) is 0 Å². The summed E-state index contributed by atoms with van der Waals surface area (Å²) in [6.45, 7) is 2.35. The van der Waals surface area contributed by atoms with E-state index < -0.39 is 0 Å². The third kappa shape index (κ3) is 3.38. The number of ether oxygens (including phenoxy) is 2. The van der Waals surface area contributed by atoms with E-state index in [1.165, 1.54) is 0 Å². The zero-order chi connectivity index (χ0) is 13.7. The molecule has 0 saturated carbocycles. The summed E-state index contributed by atoms with van der Waals surface area (Å²) in [5.41, 5.74) is 0.728. The Morgan fingerprint density at radius 2 is 2.16 bits per heavy atom. The topological polar surface area (TPSA) is 59.6 Å². The lowest BCUT2D eigenvalue weighted by Crippen LogP contribution is -2.38. The molecular formula is C14H20N2O3. The number of amides is 1. The van der Waals surface area contributed by atoms with Crippen molar-refractivity contribution in [2.75, 3.05) is 19.2 Å². The minimum atomic E-state index is -0.162. The fourth-order valence-corrected chi connectivity index (χ4v) is 2.02. The Morgan fingerprint density at radius 3 is 2.89 bits per heavy atom. The molecule has 1 heterocycles. The molecule has 1 unspecified atom stereocenters. The molecule has 1 aliphatic heterocycles. The smallest absolute Gasteiger partial charge is 0.241 e. The number of benzene rings is 1. The van der Waals surface area contributed by atoms with Gasteiger partial charge in [0.05, 0.1) is 6.04 Å². The van der Waals surface area contributed by atoms with Gasteiger partial charge in [0.2, 0.25) is 12.7 Å². The molecule has 1 atom stereocenters. The van der Waals surface area contributed by atoms with Gasteiger partial charge in [0.1, 0.15) is 0 Å². The summed E-state index contributed by atoms with van der Waals surface area (Å²) >= 11 is 0. The Balaban J connectivity index is 1.97. The highest BCUT2D eigenvalue weighted by molar-refractivity contribution is 5.95. The lowest BCUT2D eigenvalue weighted by molar-refractivity contribution is -0.118. The molecule has 2 N–H and O–H groups in total. The Hall–Kier alpha value is -1.75. The Kier molecular flexibility index (Phi) is 4.63. The fraction of sp³-hybridized carbons (Fsp3) is 0.500. The third-order valence-corrected chi connectivity index (χ3v) is 3.15. The van der Waals surface area contributed by atoms with Crippen LogP contribution in [-0.2, 0) is 4.79 Å². The van der Waals surface area contributed by atoms with E-state index in [1.807, 2.05) is 6.07 Å². The quantitative estimate of drug-likeness (QED) is 0.826. The minimum absolute atomic E-state index is 0.0187. The number of nitrogens with one attached hydrogen (secondary N) is 2. The van der Waals surface area contributed by atoms with E-state index in [-0.39, 0.29) is 18.7 Å². The monoisotopic (exact) mass is 264 g/mol. The predicted octanol–water partition coefficient (Wildman–Crippen LogP) is 2.13. The van der Waals surface area contributed by atoms with Crippen molar-refractivity contribution < 1.29 is 14.3 Å². The Labute approximate surface area is 113 Å². The van der Waals surface area contributed by atoms with Gasteiger partial charge in [-0.05, 0) is 25.6 Å². The summed E-state index contributed by atoms with van der Waals surface area (Å²) in [5.74, 6) is 1.37. The maximum absolute atomic E-state index is 12.1. The van der Waals surface area contributed by atoms with Crippen LogP contribution in [0, 0.1) is 0 Å². The number of fused-ring (bicyclic) bond motifs is 1.